The van der Waals surface area contributed by atoms with Crippen LogP contribution in [-0.4, -0.2) is 9.56 Å². The van der Waals surface area contributed by atoms with Crippen LogP contribution in [0, 0.1) is 13.8 Å². The number of hydrogen-bond donors (Lipinski definition) is 0. The van der Waals surface area contributed by atoms with E-state index in [2.05, 4.69) is 16.3 Å². The van der Waals surface area contributed by atoms with Gasteiger partial charge in [-0.3, -0.25) is 0 Å². The van der Waals surface area contributed by atoms with Gasteiger partial charge in [-0.15, -0.1) is 0 Å². The number of pyridine rings is 1. The summed E-state index contributed by atoms with van der Waals surface area (Å²) >= 11 is 6.50. The van der Waals surface area contributed by atoms with Crippen LogP contribution in [0.3, 0.4) is 0 Å². The van der Waals surface area contributed by atoms with Crippen molar-refractivity contribution in [1.29, 1.82) is 0 Å². The third kappa shape index (κ3) is 2.17. The Labute approximate surface area is 166 Å². The average Bonchev–Trinajstić information content (AvgIpc) is 3.02. The minimum Gasteiger partial charge on any atom is -0.361 e. The van der Waals surface area contributed by atoms with Gasteiger partial charge in [0.25, 0.3) is 5.65 Å². The van der Waals surface area contributed by atoms with Crippen LogP contribution in [0.15, 0.2) is 58.5 Å². The zero-order valence-electron chi connectivity index (χ0n) is 15.5. The fraction of sp³-hybridized carbons (Fsp3) is 0.136. The van der Waals surface area contributed by atoms with Crippen molar-refractivity contribution in [1.82, 2.24) is 9.56 Å². The molecule has 1 aliphatic rings. The summed E-state index contributed by atoms with van der Waals surface area (Å²) in [5.41, 5.74) is 6.11. The molecule has 0 saturated carbocycles. The molecule has 0 spiro atoms. The molecule has 0 atom stereocenters. The Kier molecular flexibility index (Phi) is 3.58. The van der Waals surface area contributed by atoms with Crippen LogP contribution in [0.2, 0.25) is 5.02 Å². The van der Waals surface area contributed by atoms with Gasteiger partial charge in [0.1, 0.15) is 17.9 Å². The van der Waals surface area contributed by atoms with Gasteiger partial charge in [-0.25, -0.2) is 9.36 Å². The second-order valence-corrected chi connectivity index (χ2v) is 7.39. The lowest BCUT2D eigenvalue weighted by Crippen LogP contribution is -2.47. The second kappa shape index (κ2) is 5.91. The molecule has 6 heteroatoms. The van der Waals surface area contributed by atoms with E-state index in [9.17, 15) is 4.79 Å². The van der Waals surface area contributed by atoms with E-state index in [1.54, 1.807) is 10.6 Å². The highest BCUT2D eigenvalue weighted by Crippen LogP contribution is 2.37. The zero-order valence-corrected chi connectivity index (χ0v) is 16.2. The van der Waals surface area contributed by atoms with Crippen molar-refractivity contribution in [3.8, 4) is 11.1 Å². The largest absolute Gasteiger partial charge is 0.361 e. The summed E-state index contributed by atoms with van der Waals surface area (Å²) in [7, 11) is 0. The quantitative estimate of drug-likeness (QED) is 0.407. The summed E-state index contributed by atoms with van der Waals surface area (Å²) in [5.74, 6) is 0.609. The maximum Gasteiger partial charge on any atom is 0.351 e. The average molecular weight is 391 g/mol. The van der Waals surface area contributed by atoms with Gasteiger partial charge in [0.2, 0.25) is 0 Å². The van der Waals surface area contributed by atoms with E-state index >= 15 is 0 Å². The van der Waals surface area contributed by atoms with Gasteiger partial charge < -0.3 is 4.52 Å². The fourth-order valence-electron chi connectivity index (χ4n) is 4.12. The summed E-state index contributed by atoms with van der Waals surface area (Å²) in [6.07, 6.45) is 1.78. The third-order valence-corrected chi connectivity index (χ3v) is 5.74. The first-order valence-corrected chi connectivity index (χ1v) is 9.34. The molecule has 0 fully saturated rings. The standard InChI is InChI=1S/C22H17ClN3O2/c1-12-15-7-6-8-17(23)16(15)11-26-18-9-4-5-10-25(18)22(27)20(21(12)26)19-13(2)24-28-14(19)3/h4-10H,1,11H2,2-3H3/q+1. The lowest BCUT2D eigenvalue weighted by atomic mass is 9.89. The highest BCUT2D eigenvalue weighted by atomic mass is 35.5. The van der Waals surface area contributed by atoms with Gasteiger partial charge in [0.15, 0.2) is 5.69 Å². The summed E-state index contributed by atoms with van der Waals surface area (Å²) in [6, 6.07) is 11.5. The van der Waals surface area contributed by atoms with Gasteiger partial charge >= 0.3 is 5.56 Å². The summed E-state index contributed by atoms with van der Waals surface area (Å²) in [5, 5.41) is 4.75. The number of fused-ring (bicyclic) bond motifs is 4. The van der Waals surface area contributed by atoms with Crippen molar-refractivity contribution >= 4 is 22.8 Å². The van der Waals surface area contributed by atoms with E-state index < -0.39 is 0 Å². The SMILES string of the molecule is C=C1c2cccc(Cl)c2C[n+]2c1c(-c1c(C)noc1C)c(=O)n1ccccc12. The molecule has 4 aromatic rings. The van der Waals surface area contributed by atoms with Crippen molar-refractivity contribution in [3.05, 3.63) is 92.8 Å². The van der Waals surface area contributed by atoms with Crippen LogP contribution in [0.25, 0.3) is 22.3 Å². The van der Waals surface area contributed by atoms with Gasteiger partial charge in [-0.05, 0) is 31.5 Å². The van der Waals surface area contributed by atoms with Crippen LogP contribution in [0.5, 0.6) is 0 Å². The molecule has 138 valence electrons. The minimum absolute atomic E-state index is 0.122. The minimum atomic E-state index is -0.122. The Balaban J connectivity index is 1.99. The van der Waals surface area contributed by atoms with Crippen LogP contribution in [-0.2, 0) is 6.54 Å². The van der Waals surface area contributed by atoms with Crippen LogP contribution >= 0.6 is 11.6 Å². The number of aromatic nitrogens is 3. The van der Waals surface area contributed by atoms with E-state index in [4.69, 9.17) is 16.1 Å². The van der Waals surface area contributed by atoms with E-state index in [-0.39, 0.29) is 5.56 Å². The van der Waals surface area contributed by atoms with Crippen molar-refractivity contribution in [2.75, 3.05) is 0 Å². The van der Waals surface area contributed by atoms with E-state index in [0.717, 1.165) is 33.6 Å². The number of aryl methyl sites for hydroxylation is 2. The van der Waals surface area contributed by atoms with Gasteiger partial charge in [-0.1, -0.05) is 41.5 Å². The van der Waals surface area contributed by atoms with Gasteiger partial charge in [0, 0.05) is 22.2 Å². The lowest BCUT2D eigenvalue weighted by Gasteiger charge is -2.23. The molecule has 5 rings (SSSR count). The number of rotatable bonds is 1. The summed E-state index contributed by atoms with van der Waals surface area (Å²) < 4.78 is 9.12. The van der Waals surface area contributed by atoms with Crippen molar-refractivity contribution in [2.24, 2.45) is 0 Å². The molecule has 1 aromatic carbocycles. The normalized spacial score (nSPS) is 12.9. The summed E-state index contributed by atoms with van der Waals surface area (Å²) in [6.45, 7) is 8.55. The third-order valence-electron chi connectivity index (χ3n) is 5.38. The maximum atomic E-state index is 13.5. The van der Waals surface area contributed by atoms with Crippen LogP contribution in [0.1, 0.15) is 28.3 Å². The van der Waals surface area contributed by atoms with E-state index in [1.807, 2.05) is 50.2 Å². The van der Waals surface area contributed by atoms with Gasteiger partial charge in [-0.2, -0.15) is 4.40 Å². The molecule has 0 radical (unpaired) electrons. The predicted octanol–water partition coefficient (Wildman–Crippen LogP) is 3.94. The molecular weight excluding hydrogens is 374 g/mol. The Bertz CT molecular complexity index is 1340. The first-order valence-electron chi connectivity index (χ1n) is 8.96. The summed E-state index contributed by atoms with van der Waals surface area (Å²) in [4.78, 5) is 13.5. The van der Waals surface area contributed by atoms with Gasteiger partial charge in [0.05, 0.1) is 17.5 Å². The Morgan fingerprint density at radius 1 is 1.18 bits per heavy atom. The molecule has 0 bridgehead atoms. The highest BCUT2D eigenvalue weighted by Gasteiger charge is 2.34. The molecule has 5 nitrogen and oxygen atoms in total. The molecule has 3 aromatic heterocycles. The number of halogens is 1. The molecule has 0 amide bonds. The molecule has 28 heavy (non-hydrogen) atoms. The maximum absolute atomic E-state index is 13.5. The molecule has 4 heterocycles. The molecular formula is C22H17ClN3O2+. The molecule has 0 N–H and O–H groups in total. The molecule has 0 saturated heterocycles. The topological polar surface area (TPSA) is 51.4 Å². The first kappa shape index (κ1) is 17.0. The smallest absolute Gasteiger partial charge is 0.351 e. The van der Waals surface area contributed by atoms with Crippen LogP contribution < -0.4 is 10.1 Å². The highest BCUT2D eigenvalue weighted by molar-refractivity contribution is 6.31. The van der Waals surface area contributed by atoms with E-state index in [0.29, 0.717) is 28.6 Å². The number of nitrogens with zero attached hydrogens (tertiary/aromatic N) is 3. The number of hydrogen-bond acceptors (Lipinski definition) is 3. The van der Waals surface area contributed by atoms with E-state index in [1.165, 1.54) is 0 Å². The monoisotopic (exact) mass is 390 g/mol. The Morgan fingerprint density at radius 2 is 2.00 bits per heavy atom. The first-order chi connectivity index (χ1) is 13.5. The Hall–Kier alpha value is -3.18. The molecule has 1 aliphatic heterocycles. The molecule has 0 aliphatic carbocycles. The lowest BCUT2D eigenvalue weighted by molar-refractivity contribution is -0.669. The van der Waals surface area contributed by atoms with Crippen LogP contribution in [0.4, 0.5) is 0 Å². The van der Waals surface area contributed by atoms with Crippen molar-refractivity contribution < 1.29 is 9.09 Å². The predicted molar refractivity (Wildman–Crippen MR) is 108 cm³/mol. The fourth-order valence-corrected chi connectivity index (χ4v) is 4.36. The Morgan fingerprint density at radius 3 is 2.75 bits per heavy atom. The zero-order chi connectivity index (χ0) is 19.6. The van der Waals surface area contributed by atoms with Crippen molar-refractivity contribution in [3.63, 3.8) is 0 Å². The molecule has 0 unspecified atom stereocenters. The second-order valence-electron chi connectivity index (χ2n) is 6.99. The number of benzene rings is 1. The van der Waals surface area contributed by atoms with Crippen molar-refractivity contribution in [2.45, 2.75) is 20.4 Å².